The Hall–Kier alpha value is -1.42. The first-order chi connectivity index (χ1) is 6.83. The average Bonchev–Trinajstić information content (AvgIpc) is 2.21. The van der Waals surface area contributed by atoms with Crippen molar-refractivity contribution < 1.29 is 9.23 Å². The van der Waals surface area contributed by atoms with Crippen LogP contribution in [-0.2, 0) is 11.4 Å². The Balaban J connectivity index is 2.28. The topological polar surface area (TPSA) is 47.6 Å². The highest BCUT2D eigenvalue weighted by molar-refractivity contribution is 5.56. The van der Waals surface area contributed by atoms with Crippen molar-refractivity contribution in [1.82, 2.24) is 0 Å². The molecule has 0 unspecified atom stereocenters. The van der Waals surface area contributed by atoms with Gasteiger partial charge in [0.15, 0.2) is 0 Å². The summed E-state index contributed by atoms with van der Waals surface area (Å²) in [5, 5.41) is 3.68. The lowest BCUT2D eigenvalue weighted by Crippen LogP contribution is -1.98. The van der Waals surface area contributed by atoms with Crippen molar-refractivity contribution in [2.75, 3.05) is 6.54 Å². The van der Waals surface area contributed by atoms with Gasteiger partial charge in [0.1, 0.15) is 12.4 Å². The van der Waals surface area contributed by atoms with Gasteiger partial charge in [-0.25, -0.2) is 4.39 Å². The zero-order chi connectivity index (χ0) is 10.2. The molecular weight excluding hydrogens is 183 g/mol. The first kappa shape index (κ1) is 10.7. The van der Waals surface area contributed by atoms with Gasteiger partial charge in [-0.3, -0.25) is 0 Å². The van der Waals surface area contributed by atoms with Gasteiger partial charge in [-0.2, -0.15) is 0 Å². The van der Waals surface area contributed by atoms with Crippen LogP contribution >= 0.6 is 0 Å². The lowest BCUT2D eigenvalue weighted by Gasteiger charge is -1.98. The minimum Gasteiger partial charge on any atom is -0.391 e. The Bertz CT molecular complexity index is 285. The molecule has 1 aromatic rings. The van der Waals surface area contributed by atoms with E-state index in [1.807, 2.05) is 0 Å². The molecule has 0 aliphatic carbocycles. The molecule has 0 aliphatic heterocycles. The van der Waals surface area contributed by atoms with Crippen molar-refractivity contribution in [2.45, 2.75) is 13.0 Å². The van der Waals surface area contributed by atoms with E-state index in [2.05, 4.69) is 5.16 Å². The Morgan fingerprint density at radius 2 is 2.07 bits per heavy atom. The van der Waals surface area contributed by atoms with Crippen LogP contribution in [0.2, 0.25) is 0 Å². The molecule has 3 nitrogen and oxygen atoms in total. The van der Waals surface area contributed by atoms with Crippen LogP contribution < -0.4 is 5.73 Å². The summed E-state index contributed by atoms with van der Waals surface area (Å²) in [6, 6.07) is 6.10. The van der Waals surface area contributed by atoms with Crippen LogP contribution in [0.1, 0.15) is 12.0 Å². The van der Waals surface area contributed by atoms with Crippen molar-refractivity contribution in [1.29, 1.82) is 0 Å². The van der Waals surface area contributed by atoms with E-state index in [9.17, 15) is 4.39 Å². The van der Waals surface area contributed by atoms with Crippen LogP contribution in [0.3, 0.4) is 0 Å². The van der Waals surface area contributed by atoms with Crippen molar-refractivity contribution in [3.63, 3.8) is 0 Å². The van der Waals surface area contributed by atoms with Gasteiger partial charge in [0.05, 0.1) is 0 Å². The van der Waals surface area contributed by atoms with Crippen molar-refractivity contribution in [3.05, 3.63) is 35.6 Å². The van der Waals surface area contributed by atoms with Gasteiger partial charge < -0.3 is 10.6 Å². The van der Waals surface area contributed by atoms with Crippen molar-refractivity contribution in [2.24, 2.45) is 10.9 Å². The van der Waals surface area contributed by atoms with Gasteiger partial charge >= 0.3 is 0 Å². The zero-order valence-corrected chi connectivity index (χ0v) is 7.82. The third-order valence-corrected chi connectivity index (χ3v) is 1.59. The molecule has 0 bridgehead atoms. The van der Waals surface area contributed by atoms with Crippen LogP contribution in [-0.4, -0.2) is 12.8 Å². The van der Waals surface area contributed by atoms with Gasteiger partial charge in [0, 0.05) is 6.21 Å². The summed E-state index contributed by atoms with van der Waals surface area (Å²) in [5.41, 5.74) is 6.14. The molecule has 0 aliphatic rings. The van der Waals surface area contributed by atoms with E-state index in [0.717, 1.165) is 5.56 Å². The molecule has 0 aromatic heterocycles. The maximum atomic E-state index is 12.5. The van der Waals surface area contributed by atoms with E-state index in [1.54, 1.807) is 18.3 Å². The number of oxime groups is 1. The zero-order valence-electron chi connectivity index (χ0n) is 7.82. The van der Waals surface area contributed by atoms with E-state index < -0.39 is 0 Å². The third kappa shape index (κ3) is 4.00. The number of hydrogen-bond donors (Lipinski definition) is 1. The number of nitrogens with two attached hydrogens (primary N) is 1. The molecule has 76 valence electrons. The quantitative estimate of drug-likeness (QED) is 0.575. The lowest BCUT2D eigenvalue weighted by atomic mass is 10.2. The Kier molecular flexibility index (Phi) is 4.64. The smallest absolute Gasteiger partial charge is 0.142 e. The molecule has 4 heteroatoms. The molecular formula is C10H13FN2O. The van der Waals surface area contributed by atoms with Gasteiger partial charge in [0.2, 0.25) is 0 Å². The average molecular weight is 196 g/mol. The van der Waals surface area contributed by atoms with Gasteiger partial charge in [-0.15, -0.1) is 0 Å². The van der Waals surface area contributed by atoms with Crippen molar-refractivity contribution in [3.8, 4) is 0 Å². The van der Waals surface area contributed by atoms with E-state index in [1.165, 1.54) is 12.1 Å². The normalized spacial score (nSPS) is 10.7. The van der Waals surface area contributed by atoms with Crippen molar-refractivity contribution >= 4 is 6.21 Å². The molecule has 0 atom stereocenters. The summed E-state index contributed by atoms with van der Waals surface area (Å²) >= 11 is 0. The highest BCUT2D eigenvalue weighted by Crippen LogP contribution is 2.03. The first-order valence-corrected chi connectivity index (χ1v) is 4.41. The number of benzene rings is 1. The van der Waals surface area contributed by atoms with Gasteiger partial charge in [0.25, 0.3) is 0 Å². The second-order valence-corrected chi connectivity index (χ2v) is 2.77. The first-order valence-electron chi connectivity index (χ1n) is 4.41. The summed E-state index contributed by atoms with van der Waals surface area (Å²) in [7, 11) is 0. The fourth-order valence-electron chi connectivity index (χ4n) is 0.872. The number of hydrogen-bond acceptors (Lipinski definition) is 3. The maximum Gasteiger partial charge on any atom is 0.142 e. The summed E-state index contributed by atoms with van der Waals surface area (Å²) < 4.78 is 12.5. The van der Waals surface area contributed by atoms with E-state index in [4.69, 9.17) is 10.6 Å². The predicted molar refractivity (Wildman–Crippen MR) is 53.4 cm³/mol. The van der Waals surface area contributed by atoms with E-state index >= 15 is 0 Å². The minimum atomic E-state index is -0.250. The number of halogens is 1. The lowest BCUT2D eigenvalue weighted by molar-refractivity contribution is 0.131. The van der Waals surface area contributed by atoms with E-state index in [0.29, 0.717) is 19.6 Å². The molecule has 0 saturated heterocycles. The highest BCUT2D eigenvalue weighted by atomic mass is 19.1. The predicted octanol–water partition coefficient (Wildman–Crippen LogP) is 1.68. The molecule has 0 fully saturated rings. The summed E-state index contributed by atoms with van der Waals surface area (Å²) in [4.78, 5) is 4.95. The molecule has 0 amide bonds. The van der Waals surface area contributed by atoms with Crippen LogP contribution in [0, 0.1) is 5.82 Å². The van der Waals surface area contributed by atoms with Crippen LogP contribution in [0.5, 0.6) is 0 Å². The minimum absolute atomic E-state index is 0.250. The number of nitrogens with zero attached hydrogens (tertiary/aromatic N) is 1. The molecule has 14 heavy (non-hydrogen) atoms. The Labute approximate surface area is 82.4 Å². The van der Waals surface area contributed by atoms with Crippen LogP contribution in [0.4, 0.5) is 4.39 Å². The Morgan fingerprint density at radius 1 is 1.36 bits per heavy atom. The fourth-order valence-corrected chi connectivity index (χ4v) is 0.872. The fraction of sp³-hybridized carbons (Fsp3) is 0.300. The van der Waals surface area contributed by atoms with E-state index in [-0.39, 0.29) is 5.82 Å². The van der Waals surface area contributed by atoms with Gasteiger partial charge in [-0.1, -0.05) is 17.3 Å². The molecule has 0 radical (unpaired) electrons. The molecule has 1 rings (SSSR count). The van der Waals surface area contributed by atoms with Gasteiger partial charge in [-0.05, 0) is 30.7 Å². The largest absolute Gasteiger partial charge is 0.391 e. The molecule has 2 N–H and O–H groups in total. The molecule has 0 saturated carbocycles. The number of rotatable bonds is 5. The summed E-state index contributed by atoms with van der Waals surface area (Å²) in [5.74, 6) is -0.250. The standard InChI is InChI=1S/C10H13FN2O/c11-10-4-2-9(3-5-10)8-14-13-7-1-6-12/h2-5,7H,1,6,8,12H2/b13-7+. The monoisotopic (exact) mass is 196 g/mol. The second-order valence-electron chi connectivity index (χ2n) is 2.77. The third-order valence-electron chi connectivity index (χ3n) is 1.59. The summed E-state index contributed by atoms with van der Waals surface area (Å²) in [6.07, 6.45) is 2.31. The SMILES string of the molecule is NCC/C=N/OCc1ccc(F)cc1. The molecule has 0 heterocycles. The molecule has 0 spiro atoms. The second kappa shape index (κ2) is 6.10. The van der Waals surface area contributed by atoms with Crippen LogP contribution in [0.15, 0.2) is 29.4 Å². The van der Waals surface area contributed by atoms with Crippen LogP contribution in [0.25, 0.3) is 0 Å². The Morgan fingerprint density at radius 3 is 2.71 bits per heavy atom. The molecule has 1 aromatic carbocycles. The maximum absolute atomic E-state index is 12.5. The summed E-state index contributed by atoms with van der Waals surface area (Å²) in [6.45, 7) is 0.907. The highest BCUT2D eigenvalue weighted by Gasteiger charge is 1.92.